The number of carbonyl (C=O) groups is 3. The molecule has 30 heavy (non-hydrogen) atoms. The van der Waals surface area contributed by atoms with Gasteiger partial charge in [-0.15, -0.1) is 0 Å². The number of ether oxygens (including phenoxy) is 1. The Balaban J connectivity index is 1.88. The smallest absolute Gasteiger partial charge is 0.336 e. The average molecular weight is 414 g/mol. The Morgan fingerprint density at radius 2 is 1.60 bits per heavy atom. The number of amides is 2. The first-order chi connectivity index (χ1) is 14.3. The van der Waals surface area contributed by atoms with E-state index in [0.717, 1.165) is 0 Å². The van der Waals surface area contributed by atoms with E-state index in [2.05, 4.69) is 5.32 Å². The molecule has 1 heterocycles. The SMILES string of the molecule is CCOC(=O)C1=C(C)N(c2ccc(F)cc2)C(=O)C1CC(=O)Nc1ccc(F)cc1. The highest BCUT2D eigenvalue weighted by Gasteiger charge is 2.43. The van der Waals surface area contributed by atoms with Crippen LogP contribution in [0.25, 0.3) is 0 Å². The van der Waals surface area contributed by atoms with Crippen molar-refractivity contribution in [3.63, 3.8) is 0 Å². The lowest BCUT2D eigenvalue weighted by atomic mass is 9.96. The van der Waals surface area contributed by atoms with Gasteiger partial charge in [-0.25, -0.2) is 13.6 Å². The average Bonchev–Trinajstić information content (AvgIpc) is 2.94. The molecule has 156 valence electrons. The minimum absolute atomic E-state index is 0.0837. The molecule has 1 unspecified atom stereocenters. The van der Waals surface area contributed by atoms with Crippen molar-refractivity contribution in [3.8, 4) is 0 Å². The fourth-order valence-corrected chi connectivity index (χ4v) is 3.35. The van der Waals surface area contributed by atoms with E-state index >= 15 is 0 Å². The topological polar surface area (TPSA) is 75.7 Å². The van der Waals surface area contributed by atoms with Gasteiger partial charge in [0.15, 0.2) is 0 Å². The molecule has 0 aliphatic carbocycles. The van der Waals surface area contributed by atoms with E-state index in [1.807, 2.05) is 0 Å². The molecular weight excluding hydrogens is 394 g/mol. The maximum atomic E-state index is 13.3. The summed E-state index contributed by atoms with van der Waals surface area (Å²) in [6, 6.07) is 10.4. The third-order valence-electron chi connectivity index (χ3n) is 4.69. The van der Waals surface area contributed by atoms with Crippen LogP contribution < -0.4 is 10.2 Å². The Labute approximate surface area is 172 Å². The van der Waals surface area contributed by atoms with Crippen molar-refractivity contribution in [1.29, 1.82) is 0 Å². The molecular formula is C22H20F2N2O4. The van der Waals surface area contributed by atoms with Crippen LogP contribution in [0, 0.1) is 17.6 Å². The molecule has 2 aromatic carbocycles. The molecule has 2 amide bonds. The van der Waals surface area contributed by atoms with E-state index in [4.69, 9.17) is 4.74 Å². The van der Waals surface area contributed by atoms with Crippen LogP contribution in [0.3, 0.4) is 0 Å². The molecule has 0 spiro atoms. The zero-order valence-corrected chi connectivity index (χ0v) is 16.4. The molecule has 0 radical (unpaired) electrons. The number of halogens is 2. The highest BCUT2D eigenvalue weighted by molar-refractivity contribution is 6.12. The molecule has 8 heteroatoms. The van der Waals surface area contributed by atoms with E-state index in [9.17, 15) is 23.2 Å². The number of anilines is 2. The van der Waals surface area contributed by atoms with E-state index in [-0.39, 0.29) is 18.6 Å². The third kappa shape index (κ3) is 4.37. The summed E-state index contributed by atoms with van der Waals surface area (Å²) in [5.41, 5.74) is 1.15. The van der Waals surface area contributed by atoms with Gasteiger partial charge in [0.1, 0.15) is 11.6 Å². The summed E-state index contributed by atoms with van der Waals surface area (Å²) in [4.78, 5) is 39.4. The predicted octanol–water partition coefficient (Wildman–Crippen LogP) is 3.79. The van der Waals surface area contributed by atoms with Crippen LogP contribution in [0.15, 0.2) is 59.8 Å². The number of allylic oxidation sites excluding steroid dienone is 1. The number of hydrogen-bond donors (Lipinski definition) is 1. The van der Waals surface area contributed by atoms with Gasteiger partial charge in [0, 0.05) is 23.5 Å². The number of rotatable bonds is 6. The summed E-state index contributed by atoms with van der Waals surface area (Å²) in [5.74, 6) is -3.67. The van der Waals surface area contributed by atoms with Crippen LogP contribution in [-0.2, 0) is 19.1 Å². The zero-order valence-electron chi connectivity index (χ0n) is 16.4. The minimum Gasteiger partial charge on any atom is -0.463 e. The molecule has 0 aromatic heterocycles. The molecule has 0 saturated heterocycles. The largest absolute Gasteiger partial charge is 0.463 e. The molecule has 3 rings (SSSR count). The van der Waals surface area contributed by atoms with Gasteiger partial charge in [0.2, 0.25) is 11.8 Å². The number of nitrogens with zero attached hydrogens (tertiary/aromatic N) is 1. The first-order valence-electron chi connectivity index (χ1n) is 9.34. The molecule has 0 saturated carbocycles. The summed E-state index contributed by atoms with van der Waals surface area (Å²) in [5, 5.41) is 2.58. The van der Waals surface area contributed by atoms with Crippen LogP contribution in [0.1, 0.15) is 20.3 Å². The van der Waals surface area contributed by atoms with Crippen LogP contribution in [0.5, 0.6) is 0 Å². The fourth-order valence-electron chi connectivity index (χ4n) is 3.35. The molecule has 2 aromatic rings. The summed E-state index contributed by atoms with van der Waals surface area (Å²) in [6.07, 6.45) is -0.306. The Morgan fingerprint density at radius 1 is 1.03 bits per heavy atom. The van der Waals surface area contributed by atoms with Crippen LogP contribution in [0.2, 0.25) is 0 Å². The van der Waals surface area contributed by atoms with Crippen molar-refractivity contribution in [1.82, 2.24) is 0 Å². The van der Waals surface area contributed by atoms with Gasteiger partial charge in [-0.3, -0.25) is 14.5 Å². The van der Waals surface area contributed by atoms with Gasteiger partial charge in [-0.2, -0.15) is 0 Å². The van der Waals surface area contributed by atoms with Crippen molar-refractivity contribution in [2.45, 2.75) is 20.3 Å². The number of esters is 1. The Morgan fingerprint density at radius 3 is 2.17 bits per heavy atom. The second-order valence-corrected chi connectivity index (χ2v) is 6.68. The van der Waals surface area contributed by atoms with Crippen molar-refractivity contribution in [2.24, 2.45) is 5.92 Å². The summed E-state index contributed by atoms with van der Waals surface area (Å²) in [7, 11) is 0. The van der Waals surface area contributed by atoms with Crippen molar-refractivity contribution < 1.29 is 27.9 Å². The minimum atomic E-state index is -1.06. The number of carbonyl (C=O) groups excluding carboxylic acids is 3. The van der Waals surface area contributed by atoms with Gasteiger partial charge < -0.3 is 10.1 Å². The van der Waals surface area contributed by atoms with Crippen molar-refractivity contribution in [3.05, 3.63) is 71.4 Å². The van der Waals surface area contributed by atoms with E-state index in [0.29, 0.717) is 17.1 Å². The number of nitrogens with one attached hydrogen (secondary N) is 1. The van der Waals surface area contributed by atoms with Crippen molar-refractivity contribution in [2.75, 3.05) is 16.8 Å². The van der Waals surface area contributed by atoms with Crippen LogP contribution in [-0.4, -0.2) is 24.4 Å². The monoisotopic (exact) mass is 414 g/mol. The van der Waals surface area contributed by atoms with Gasteiger partial charge in [0.25, 0.3) is 0 Å². The van der Waals surface area contributed by atoms with Gasteiger partial charge in [-0.1, -0.05) is 0 Å². The molecule has 0 fully saturated rings. The van der Waals surface area contributed by atoms with Crippen LogP contribution in [0.4, 0.5) is 20.2 Å². The standard InChI is InChI=1S/C22H20F2N2O4/c1-3-30-22(29)20-13(2)26(17-10-6-15(24)7-11-17)21(28)18(20)12-19(27)25-16-8-4-14(23)5-9-16/h4-11,18H,3,12H2,1-2H3,(H,25,27). The third-order valence-corrected chi connectivity index (χ3v) is 4.69. The molecule has 1 atom stereocenters. The Bertz CT molecular complexity index is 1000. The zero-order chi connectivity index (χ0) is 21.8. The van der Waals surface area contributed by atoms with E-state index in [1.54, 1.807) is 13.8 Å². The lowest BCUT2D eigenvalue weighted by molar-refractivity contribution is -0.140. The molecule has 1 aliphatic heterocycles. The van der Waals surface area contributed by atoms with Crippen LogP contribution >= 0.6 is 0 Å². The van der Waals surface area contributed by atoms with E-state index < -0.39 is 35.3 Å². The van der Waals surface area contributed by atoms with E-state index in [1.165, 1.54) is 53.4 Å². The normalized spacial score (nSPS) is 16.1. The lowest BCUT2D eigenvalue weighted by Crippen LogP contribution is -2.31. The second kappa shape index (κ2) is 8.86. The lowest BCUT2D eigenvalue weighted by Gasteiger charge is -2.19. The summed E-state index contributed by atoms with van der Waals surface area (Å²) >= 11 is 0. The summed E-state index contributed by atoms with van der Waals surface area (Å²) < 4.78 is 31.4. The van der Waals surface area contributed by atoms with Gasteiger partial charge in [0.05, 0.1) is 18.1 Å². The first-order valence-corrected chi connectivity index (χ1v) is 9.34. The maximum Gasteiger partial charge on any atom is 0.336 e. The maximum absolute atomic E-state index is 13.3. The molecule has 0 bridgehead atoms. The Hall–Kier alpha value is -3.55. The molecule has 6 nitrogen and oxygen atoms in total. The number of benzene rings is 2. The number of hydrogen-bond acceptors (Lipinski definition) is 4. The van der Waals surface area contributed by atoms with Gasteiger partial charge in [-0.05, 0) is 62.4 Å². The highest BCUT2D eigenvalue weighted by Crippen LogP contribution is 2.36. The highest BCUT2D eigenvalue weighted by atomic mass is 19.1. The predicted molar refractivity (Wildman–Crippen MR) is 106 cm³/mol. The van der Waals surface area contributed by atoms with Crippen molar-refractivity contribution >= 4 is 29.2 Å². The van der Waals surface area contributed by atoms with Gasteiger partial charge >= 0.3 is 5.97 Å². The first kappa shape index (κ1) is 21.2. The molecule has 1 N–H and O–H groups in total. The fraction of sp³-hybridized carbons (Fsp3) is 0.227. The molecule has 1 aliphatic rings. The summed E-state index contributed by atoms with van der Waals surface area (Å²) in [6.45, 7) is 3.32. The quantitative estimate of drug-likeness (QED) is 0.730. The second-order valence-electron chi connectivity index (χ2n) is 6.68. The Kier molecular flexibility index (Phi) is 6.25.